The van der Waals surface area contributed by atoms with Crippen molar-refractivity contribution in [3.63, 3.8) is 0 Å². The topological polar surface area (TPSA) is 60.2 Å². The summed E-state index contributed by atoms with van der Waals surface area (Å²) in [6, 6.07) is 13.4. The van der Waals surface area contributed by atoms with E-state index in [0.717, 1.165) is 6.26 Å². The summed E-state index contributed by atoms with van der Waals surface area (Å²) in [5.74, 6) is -1.19. The summed E-state index contributed by atoms with van der Waals surface area (Å²) in [6.45, 7) is 0. The van der Waals surface area contributed by atoms with Crippen molar-refractivity contribution in [2.24, 2.45) is 0 Å². The molecule has 130 valence electrons. The van der Waals surface area contributed by atoms with Crippen molar-refractivity contribution in [3.8, 4) is 22.4 Å². The summed E-state index contributed by atoms with van der Waals surface area (Å²) in [5.41, 5.74) is 0.447. The van der Waals surface area contributed by atoms with Crippen molar-refractivity contribution in [1.82, 2.24) is 5.16 Å². The SMILES string of the molecule is CS(=O)(=O)c1ccc(-c2noc(C(F)(F)[18F])c2-c2ccccc2)cc1. The van der Waals surface area contributed by atoms with Gasteiger partial charge in [-0.2, -0.15) is 13.2 Å². The third-order valence-corrected chi connectivity index (χ3v) is 4.70. The monoisotopic (exact) mass is 366 g/mol. The average Bonchev–Trinajstić information content (AvgIpc) is 3.00. The highest BCUT2D eigenvalue weighted by Crippen LogP contribution is 2.42. The van der Waals surface area contributed by atoms with Gasteiger partial charge < -0.3 is 4.52 Å². The summed E-state index contributed by atoms with van der Waals surface area (Å²) >= 11 is 0. The molecule has 1 heterocycles. The summed E-state index contributed by atoms with van der Waals surface area (Å²) < 4.78 is 67.4. The van der Waals surface area contributed by atoms with Gasteiger partial charge in [0.05, 0.1) is 10.5 Å². The Morgan fingerprint density at radius 1 is 0.920 bits per heavy atom. The van der Waals surface area contributed by atoms with Crippen LogP contribution < -0.4 is 0 Å². The Hall–Kier alpha value is -2.61. The number of hydrogen-bond acceptors (Lipinski definition) is 4. The molecule has 0 fully saturated rings. The van der Waals surface area contributed by atoms with E-state index >= 15 is 0 Å². The smallest absolute Gasteiger partial charge is 0.350 e. The van der Waals surface area contributed by atoms with E-state index in [1.54, 1.807) is 18.2 Å². The molecule has 0 aliphatic heterocycles. The Labute approximate surface area is 141 Å². The van der Waals surface area contributed by atoms with E-state index in [-0.39, 0.29) is 16.2 Å². The first-order chi connectivity index (χ1) is 11.7. The van der Waals surface area contributed by atoms with Crippen LogP contribution in [0.1, 0.15) is 5.76 Å². The van der Waals surface area contributed by atoms with E-state index in [0.29, 0.717) is 11.1 Å². The highest BCUT2D eigenvalue weighted by molar-refractivity contribution is 7.90. The lowest BCUT2D eigenvalue weighted by molar-refractivity contribution is -0.154. The molecule has 0 bridgehead atoms. The number of rotatable bonds is 3. The third kappa shape index (κ3) is 3.43. The maximum atomic E-state index is 13.3. The van der Waals surface area contributed by atoms with Crippen LogP contribution >= 0.6 is 0 Å². The fourth-order valence-corrected chi connectivity index (χ4v) is 3.04. The maximum Gasteiger partial charge on any atom is 0.453 e. The molecule has 25 heavy (non-hydrogen) atoms. The Balaban J connectivity index is 2.19. The van der Waals surface area contributed by atoms with Crippen molar-refractivity contribution in [1.29, 1.82) is 0 Å². The van der Waals surface area contributed by atoms with Crippen LogP contribution in [0, 0.1) is 0 Å². The first kappa shape index (κ1) is 17.2. The standard InChI is InChI=1S/C17H12F3NO3S/c1-25(22,23)13-9-7-12(8-10-13)15-14(11-5-3-2-4-6-11)16(24-21-15)17(18,19)20/h2-10H,1H3/i18-1. The molecule has 4 nitrogen and oxygen atoms in total. The maximum absolute atomic E-state index is 13.3. The summed E-state index contributed by atoms with van der Waals surface area (Å²) in [4.78, 5) is 0.0667. The molecule has 0 N–H and O–H groups in total. The largest absolute Gasteiger partial charge is 0.453 e. The molecule has 2 aromatic carbocycles. The van der Waals surface area contributed by atoms with Gasteiger partial charge in [0, 0.05) is 11.8 Å². The molecule has 0 unspecified atom stereocenters. The number of hydrogen-bond donors (Lipinski definition) is 0. The predicted octanol–water partition coefficient (Wildman–Crippen LogP) is 4.43. The minimum Gasteiger partial charge on any atom is -0.350 e. The van der Waals surface area contributed by atoms with Crippen LogP contribution in [0.3, 0.4) is 0 Å². The van der Waals surface area contributed by atoms with E-state index in [4.69, 9.17) is 0 Å². The van der Waals surface area contributed by atoms with Gasteiger partial charge >= 0.3 is 6.18 Å². The minimum atomic E-state index is -4.71. The van der Waals surface area contributed by atoms with Gasteiger partial charge in [-0.3, -0.25) is 0 Å². The van der Waals surface area contributed by atoms with E-state index in [9.17, 15) is 21.6 Å². The molecule has 0 amide bonds. The van der Waals surface area contributed by atoms with Crippen molar-refractivity contribution in [2.75, 3.05) is 6.26 Å². The van der Waals surface area contributed by atoms with Gasteiger partial charge in [-0.15, -0.1) is 0 Å². The molecule has 3 rings (SSSR count). The zero-order valence-corrected chi connectivity index (χ0v) is 13.7. The molecular weight excluding hydrogens is 354 g/mol. The highest BCUT2D eigenvalue weighted by atomic mass is 32.2. The molecular formula is C17H12F3NO3S. The fraction of sp³-hybridized carbons (Fsp3) is 0.118. The van der Waals surface area contributed by atoms with Gasteiger partial charge in [-0.25, -0.2) is 8.42 Å². The molecule has 0 spiro atoms. The Morgan fingerprint density at radius 3 is 2.04 bits per heavy atom. The van der Waals surface area contributed by atoms with Crippen LogP contribution in [0.25, 0.3) is 22.4 Å². The van der Waals surface area contributed by atoms with E-state index in [1.807, 2.05) is 0 Å². The van der Waals surface area contributed by atoms with Gasteiger partial charge in [0.2, 0.25) is 5.76 Å². The lowest BCUT2D eigenvalue weighted by Crippen LogP contribution is -2.05. The van der Waals surface area contributed by atoms with Crippen LogP contribution in [0.5, 0.6) is 0 Å². The number of nitrogens with zero attached hydrogens (tertiary/aromatic N) is 1. The molecule has 0 aliphatic rings. The number of aromatic nitrogens is 1. The van der Waals surface area contributed by atoms with Gasteiger partial charge in [0.25, 0.3) is 0 Å². The van der Waals surface area contributed by atoms with Crippen LogP contribution in [0.15, 0.2) is 64.0 Å². The van der Waals surface area contributed by atoms with Crippen LogP contribution in [-0.4, -0.2) is 19.8 Å². The van der Waals surface area contributed by atoms with Gasteiger partial charge in [-0.05, 0) is 17.7 Å². The lowest BCUT2D eigenvalue weighted by Gasteiger charge is -2.07. The molecule has 1 aromatic heterocycles. The summed E-state index contributed by atoms with van der Waals surface area (Å²) in [5, 5.41) is 3.58. The van der Waals surface area contributed by atoms with Crippen molar-refractivity contribution >= 4 is 9.84 Å². The van der Waals surface area contributed by atoms with Crippen molar-refractivity contribution in [3.05, 3.63) is 60.4 Å². The molecule has 3 aromatic rings. The molecule has 0 atom stereocenters. The normalized spacial score (nSPS) is 12.3. The second-order valence-electron chi connectivity index (χ2n) is 5.40. The van der Waals surface area contributed by atoms with Crippen LogP contribution in [-0.2, 0) is 16.0 Å². The molecule has 8 heteroatoms. The average molecular weight is 366 g/mol. The Kier molecular flexibility index (Phi) is 4.16. The predicted molar refractivity (Wildman–Crippen MR) is 85.5 cm³/mol. The quantitative estimate of drug-likeness (QED) is 0.688. The van der Waals surface area contributed by atoms with Crippen LogP contribution in [0.4, 0.5) is 13.2 Å². The number of alkyl halides is 3. The van der Waals surface area contributed by atoms with Crippen molar-refractivity contribution < 1.29 is 26.1 Å². The zero-order chi connectivity index (χ0) is 18.2. The minimum absolute atomic E-state index is 0.00132. The van der Waals surface area contributed by atoms with Gasteiger partial charge in [-0.1, -0.05) is 47.6 Å². The number of benzene rings is 2. The Bertz CT molecular complexity index is 992. The molecule has 0 radical (unpaired) electrons. The van der Waals surface area contributed by atoms with Gasteiger partial charge in [0.1, 0.15) is 5.69 Å². The zero-order valence-electron chi connectivity index (χ0n) is 12.9. The first-order valence-corrected chi connectivity index (χ1v) is 9.00. The van der Waals surface area contributed by atoms with E-state index in [1.165, 1.54) is 36.4 Å². The van der Waals surface area contributed by atoms with Gasteiger partial charge in [0.15, 0.2) is 9.84 Å². The third-order valence-electron chi connectivity index (χ3n) is 3.57. The molecule has 0 aliphatic carbocycles. The summed E-state index contributed by atoms with van der Waals surface area (Å²) in [7, 11) is -3.41. The molecule has 0 saturated carbocycles. The number of sulfone groups is 1. The van der Waals surface area contributed by atoms with Crippen molar-refractivity contribution in [2.45, 2.75) is 11.1 Å². The first-order valence-electron chi connectivity index (χ1n) is 7.11. The lowest BCUT2D eigenvalue weighted by atomic mass is 9.99. The Morgan fingerprint density at radius 2 is 1.52 bits per heavy atom. The van der Waals surface area contributed by atoms with E-state index in [2.05, 4.69) is 9.68 Å². The second-order valence-corrected chi connectivity index (χ2v) is 7.41. The highest BCUT2D eigenvalue weighted by Gasteiger charge is 2.41. The number of halogens is 3. The van der Waals surface area contributed by atoms with E-state index < -0.39 is 21.8 Å². The molecule has 0 saturated heterocycles. The van der Waals surface area contributed by atoms with Crippen LogP contribution in [0.2, 0.25) is 0 Å². The summed E-state index contributed by atoms with van der Waals surface area (Å²) in [6.07, 6.45) is -3.65. The fourth-order valence-electron chi connectivity index (χ4n) is 2.41. The second kappa shape index (κ2) is 6.03.